The first-order valence-electron chi connectivity index (χ1n) is 12.8. The number of rotatable bonds is 4. The number of piperidine rings is 1. The zero-order valence-electron chi connectivity index (χ0n) is 22.2. The molecule has 3 N–H and O–H groups in total. The fourth-order valence-corrected chi connectivity index (χ4v) is 4.75. The lowest BCUT2D eigenvalue weighted by atomic mass is 10.0. The summed E-state index contributed by atoms with van der Waals surface area (Å²) in [5.41, 5.74) is 0.102. The number of ether oxygens (including phenoxy) is 1. The topological polar surface area (TPSA) is 116 Å². The van der Waals surface area contributed by atoms with E-state index >= 15 is 0 Å². The second-order valence-corrected chi connectivity index (χ2v) is 10.7. The standard InChI is InChI=1S/C28H29F3N6O3/c1-27(2,3)40-26(39)37-11-5-6-17(15-37)35-25-34-14-21(28(29,30)31)23(36-25)20-13-33-22-12-16(8-9-19(20)22)18-7-4-10-32-24(18)38/h4,7-10,12-14,17,33H,5-6,11,15H2,1-3H3,(H,32,38)(H,34,35,36)/t17-/m0/s1. The van der Waals surface area contributed by atoms with E-state index in [9.17, 15) is 23.1 Å². The molecule has 0 saturated carbocycles. The average Bonchev–Trinajstić information content (AvgIpc) is 3.31. The van der Waals surface area contributed by atoms with E-state index in [4.69, 9.17) is 4.74 Å². The van der Waals surface area contributed by atoms with Crippen LogP contribution in [0.3, 0.4) is 0 Å². The maximum absolute atomic E-state index is 14.0. The lowest BCUT2D eigenvalue weighted by molar-refractivity contribution is -0.137. The number of halogens is 3. The summed E-state index contributed by atoms with van der Waals surface area (Å²) in [7, 11) is 0. The van der Waals surface area contributed by atoms with Crippen molar-refractivity contribution in [2.24, 2.45) is 0 Å². The second kappa shape index (κ2) is 10.3. The Morgan fingerprint density at radius 3 is 2.70 bits per heavy atom. The van der Waals surface area contributed by atoms with E-state index in [0.29, 0.717) is 48.0 Å². The molecule has 1 aliphatic heterocycles. The molecule has 40 heavy (non-hydrogen) atoms. The van der Waals surface area contributed by atoms with Gasteiger partial charge in [0.15, 0.2) is 0 Å². The van der Waals surface area contributed by atoms with Gasteiger partial charge in [-0.3, -0.25) is 0 Å². The molecule has 4 aromatic rings. The van der Waals surface area contributed by atoms with Gasteiger partial charge in [0.2, 0.25) is 11.8 Å². The van der Waals surface area contributed by atoms with Crippen molar-refractivity contribution in [3.63, 3.8) is 0 Å². The first-order valence-corrected chi connectivity index (χ1v) is 12.8. The zero-order chi connectivity index (χ0) is 28.7. The third-order valence-electron chi connectivity index (χ3n) is 6.54. The molecule has 1 aromatic carbocycles. The number of anilines is 1. The molecule has 12 heteroatoms. The average molecular weight is 555 g/mol. The number of aromatic nitrogens is 4. The molecule has 5 rings (SSSR count). The van der Waals surface area contributed by atoms with Crippen molar-refractivity contribution < 1.29 is 27.8 Å². The molecule has 0 unspecified atom stereocenters. The van der Waals surface area contributed by atoms with Crippen molar-refractivity contribution in [2.75, 3.05) is 18.4 Å². The van der Waals surface area contributed by atoms with E-state index < -0.39 is 23.4 Å². The minimum atomic E-state index is -4.68. The second-order valence-electron chi connectivity index (χ2n) is 10.7. The molecular formula is C28H29F3N6O3. The van der Waals surface area contributed by atoms with Crippen LogP contribution in [0.25, 0.3) is 33.3 Å². The van der Waals surface area contributed by atoms with Gasteiger partial charge in [-0.15, -0.1) is 0 Å². The maximum atomic E-state index is 14.0. The molecule has 0 bridgehead atoms. The first-order chi connectivity index (χ1) is 18.9. The van der Waals surface area contributed by atoms with E-state index in [0.717, 1.165) is 6.20 Å². The minimum absolute atomic E-state index is 0.0327. The van der Waals surface area contributed by atoms with E-state index in [-0.39, 0.29) is 29.1 Å². The molecule has 1 fully saturated rings. The third-order valence-corrected chi connectivity index (χ3v) is 6.54. The lowest BCUT2D eigenvalue weighted by Gasteiger charge is -2.34. The molecule has 0 aliphatic carbocycles. The molecule has 1 amide bonds. The number of amides is 1. The van der Waals surface area contributed by atoms with Crippen LogP contribution in [0.15, 0.2) is 48.9 Å². The molecule has 1 atom stereocenters. The van der Waals surface area contributed by atoms with Gasteiger partial charge in [-0.25, -0.2) is 19.7 Å². The number of alkyl halides is 3. The highest BCUT2D eigenvalue weighted by atomic mass is 19.4. The van der Waals surface area contributed by atoms with Gasteiger partial charge < -0.3 is 25.0 Å². The SMILES string of the molecule is CC(C)(C)OC(=O)N1CCC[C@H](Nc2ncc(C(F)(F)F)c(-c3c[nH]c4cc(-c5cccnc5O)ccc34)n2)C1. The Labute approximate surface area is 228 Å². The van der Waals surface area contributed by atoms with Crippen LogP contribution in [0.5, 0.6) is 5.88 Å². The van der Waals surface area contributed by atoms with Crippen molar-refractivity contribution in [3.05, 3.63) is 54.5 Å². The van der Waals surface area contributed by atoms with E-state index in [2.05, 4.69) is 25.3 Å². The van der Waals surface area contributed by atoms with Gasteiger partial charge in [0.25, 0.3) is 0 Å². The Kier molecular flexibility index (Phi) is 7.03. The molecule has 0 spiro atoms. The highest BCUT2D eigenvalue weighted by Gasteiger charge is 2.36. The number of hydrogen-bond acceptors (Lipinski definition) is 7. The summed E-state index contributed by atoms with van der Waals surface area (Å²) in [6.07, 6.45) is -0.0178. The number of aromatic amines is 1. The van der Waals surface area contributed by atoms with Gasteiger partial charge in [-0.05, 0) is 57.4 Å². The lowest BCUT2D eigenvalue weighted by Crippen LogP contribution is -2.47. The van der Waals surface area contributed by atoms with Crippen LogP contribution in [0.1, 0.15) is 39.2 Å². The third kappa shape index (κ3) is 5.80. The fraction of sp³-hybridized carbons (Fsp3) is 0.357. The van der Waals surface area contributed by atoms with Crippen LogP contribution < -0.4 is 5.32 Å². The number of nitrogens with one attached hydrogen (secondary N) is 2. The summed E-state index contributed by atoms with van der Waals surface area (Å²) < 4.78 is 47.6. The van der Waals surface area contributed by atoms with Gasteiger partial charge >= 0.3 is 12.3 Å². The highest BCUT2D eigenvalue weighted by Crippen LogP contribution is 2.40. The molecule has 4 heterocycles. The summed E-state index contributed by atoms with van der Waals surface area (Å²) in [6.45, 7) is 6.20. The summed E-state index contributed by atoms with van der Waals surface area (Å²) in [5.74, 6) is -0.113. The van der Waals surface area contributed by atoms with Crippen molar-refractivity contribution in [2.45, 2.75) is 51.4 Å². The summed E-state index contributed by atoms with van der Waals surface area (Å²) in [4.78, 5) is 29.3. The zero-order valence-corrected chi connectivity index (χ0v) is 22.2. The Balaban J connectivity index is 1.45. The van der Waals surface area contributed by atoms with Crippen molar-refractivity contribution >= 4 is 22.9 Å². The number of carbonyl (C=O) groups is 1. The Morgan fingerprint density at radius 1 is 1.18 bits per heavy atom. The normalized spacial score (nSPS) is 16.2. The van der Waals surface area contributed by atoms with Gasteiger partial charge in [0.1, 0.15) is 11.2 Å². The van der Waals surface area contributed by atoms with Crippen LogP contribution in [0.2, 0.25) is 0 Å². The molecule has 210 valence electrons. The van der Waals surface area contributed by atoms with Gasteiger partial charge in [-0.1, -0.05) is 12.1 Å². The van der Waals surface area contributed by atoms with Crippen LogP contribution in [0.4, 0.5) is 23.9 Å². The molecule has 1 aliphatic rings. The van der Waals surface area contributed by atoms with Gasteiger partial charge in [-0.2, -0.15) is 13.2 Å². The molecule has 1 saturated heterocycles. The Bertz CT molecular complexity index is 1550. The largest absolute Gasteiger partial charge is 0.493 e. The fourth-order valence-electron chi connectivity index (χ4n) is 4.75. The van der Waals surface area contributed by atoms with Crippen molar-refractivity contribution in [1.29, 1.82) is 0 Å². The predicted molar refractivity (Wildman–Crippen MR) is 144 cm³/mol. The Morgan fingerprint density at radius 2 is 1.98 bits per heavy atom. The van der Waals surface area contributed by atoms with E-state index in [1.807, 2.05) is 0 Å². The van der Waals surface area contributed by atoms with Crippen LogP contribution in [-0.2, 0) is 10.9 Å². The number of H-pyrrole nitrogens is 1. The van der Waals surface area contributed by atoms with Crippen molar-refractivity contribution in [3.8, 4) is 28.3 Å². The number of carbonyl (C=O) groups excluding carboxylic acids is 1. The molecule has 3 aromatic heterocycles. The summed E-state index contributed by atoms with van der Waals surface area (Å²) >= 11 is 0. The number of nitrogens with zero attached hydrogens (tertiary/aromatic N) is 4. The Hall–Kier alpha value is -4.35. The maximum Gasteiger partial charge on any atom is 0.419 e. The number of likely N-dealkylation sites (tertiary alicyclic amines) is 1. The number of benzene rings is 1. The van der Waals surface area contributed by atoms with Gasteiger partial charge in [0.05, 0.1) is 5.69 Å². The minimum Gasteiger partial charge on any atom is -0.493 e. The smallest absolute Gasteiger partial charge is 0.419 e. The monoisotopic (exact) mass is 554 g/mol. The van der Waals surface area contributed by atoms with E-state index in [1.165, 1.54) is 12.4 Å². The van der Waals surface area contributed by atoms with Crippen LogP contribution >= 0.6 is 0 Å². The number of pyridine rings is 1. The van der Waals surface area contributed by atoms with E-state index in [1.54, 1.807) is 56.0 Å². The molecular weight excluding hydrogens is 525 g/mol. The van der Waals surface area contributed by atoms with Crippen molar-refractivity contribution in [1.82, 2.24) is 24.8 Å². The number of aromatic hydroxyl groups is 1. The van der Waals surface area contributed by atoms with Crippen LogP contribution in [0, 0.1) is 0 Å². The number of fused-ring (bicyclic) bond motifs is 1. The first kappa shape index (κ1) is 27.2. The van der Waals surface area contributed by atoms with Crippen LogP contribution in [-0.4, -0.2) is 60.8 Å². The summed E-state index contributed by atoms with van der Waals surface area (Å²) in [6, 6.07) is 8.24. The number of hydrogen-bond donors (Lipinski definition) is 3. The quantitative estimate of drug-likeness (QED) is 0.274. The van der Waals surface area contributed by atoms with Gasteiger partial charge in [0, 0.05) is 59.8 Å². The highest BCUT2D eigenvalue weighted by molar-refractivity contribution is 5.97. The molecule has 0 radical (unpaired) electrons. The predicted octanol–water partition coefficient (Wildman–Crippen LogP) is 6.22. The summed E-state index contributed by atoms with van der Waals surface area (Å²) in [5, 5.41) is 13.7. The molecule has 9 nitrogen and oxygen atoms in total.